The molecule has 5 heteroatoms. The predicted octanol–water partition coefficient (Wildman–Crippen LogP) is 1.79. The fourth-order valence-corrected chi connectivity index (χ4v) is 2.69. The van der Waals surface area contributed by atoms with Crippen LogP contribution in [0.2, 0.25) is 0 Å². The van der Waals surface area contributed by atoms with Gasteiger partial charge in [0.25, 0.3) is 0 Å². The molecule has 1 unspecified atom stereocenters. The maximum absolute atomic E-state index is 10.9. The van der Waals surface area contributed by atoms with Crippen LogP contribution in [0, 0.1) is 0 Å². The van der Waals surface area contributed by atoms with E-state index in [1.165, 1.54) is 0 Å². The van der Waals surface area contributed by atoms with Gasteiger partial charge in [0, 0.05) is 32.2 Å². The zero-order chi connectivity index (χ0) is 15.2. The Morgan fingerprint density at radius 3 is 2.95 bits per heavy atom. The number of nitrogens with zero attached hydrogens (tertiary/aromatic N) is 2. The van der Waals surface area contributed by atoms with Gasteiger partial charge in [0.1, 0.15) is 5.75 Å². The number of piperazine rings is 1. The topological polar surface area (TPSA) is 53.0 Å². The van der Waals surface area contributed by atoms with Gasteiger partial charge in [-0.05, 0) is 38.6 Å². The monoisotopic (exact) mass is 292 g/mol. The summed E-state index contributed by atoms with van der Waals surface area (Å²) >= 11 is 0. The van der Waals surface area contributed by atoms with Crippen LogP contribution in [0.15, 0.2) is 24.3 Å². The summed E-state index contributed by atoms with van der Waals surface area (Å²) in [5, 5.41) is 8.94. The van der Waals surface area contributed by atoms with Crippen molar-refractivity contribution < 1.29 is 14.6 Å². The number of aromatic carboxylic acids is 1. The van der Waals surface area contributed by atoms with Gasteiger partial charge in [-0.1, -0.05) is 6.07 Å². The van der Waals surface area contributed by atoms with Gasteiger partial charge in [-0.25, -0.2) is 4.79 Å². The molecule has 0 aliphatic carbocycles. The summed E-state index contributed by atoms with van der Waals surface area (Å²) in [5.74, 6) is -0.298. The molecule has 0 bridgehead atoms. The molecule has 0 aromatic heterocycles. The third kappa shape index (κ3) is 4.72. The molecule has 0 radical (unpaired) electrons. The first kappa shape index (κ1) is 15.8. The minimum atomic E-state index is -0.924. The van der Waals surface area contributed by atoms with Gasteiger partial charge >= 0.3 is 5.97 Å². The van der Waals surface area contributed by atoms with Crippen LogP contribution in [0.4, 0.5) is 0 Å². The highest BCUT2D eigenvalue weighted by atomic mass is 16.5. The molecule has 1 aliphatic heterocycles. The largest absolute Gasteiger partial charge is 0.494 e. The number of rotatable bonds is 6. The number of carbonyl (C=O) groups is 1. The second-order valence-corrected chi connectivity index (χ2v) is 5.68. The van der Waals surface area contributed by atoms with Gasteiger partial charge in [-0.15, -0.1) is 0 Å². The molecule has 1 heterocycles. The van der Waals surface area contributed by atoms with Crippen molar-refractivity contribution in [2.75, 3.05) is 39.8 Å². The van der Waals surface area contributed by atoms with E-state index in [0.717, 1.165) is 32.6 Å². The number of likely N-dealkylation sites (N-methyl/N-ethyl adjacent to an activating group) is 1. The van der Waals surface area contributed by atoms with Crippen LogP contribution in [-0.4, -0.2) is 66.8 Å². The minimum Gasteiger partial charge on any atom is -0.494 e. The van der Waals surface area contributed by atoms with Gasteiger partial charge in [0.05, 0.1) is 12.2 Å². The molecule has 0 amide bonds. The van der Waals surface area contributed by atoms with Crippen molar-refractivity contribution in [2.24, 2.45) is 0 Å². The molecule has 1 saturated heterocycles. The highest BCUT2D eigenvalue weighted by Gasteiger charge is 2.20. The molecule has 1 N–H and O–H groups in total. The Morgan fingerprint density at radius 2 is 2.24 bits per heavy atom. The number of benzene rings is 1. The summed E-state index contributed by atoms with van der Waals surface area (Å²) in [4.78, 5) is 15.7. The lowest BCUT2D eigenvalue weighted by Gasteiger charge is -2.38. The fourth-order valence-electron chi connectivity index (χ4n) is 2.69. The molecule has 1 aromatic rings. The van der Waals surface area contributed by atoms with Crippen molar-refractivity contribution >= 4 is 5.97 Å². The van der Waals surface area contributed by atoms with E-state index in [1.807, 2.05) is 0 Å². The summed E-state index contributed by atoms with van der Waals surface area (Å²) in [5.41, 5.74) is 0.264. The standard InChI is InChI=1S/C16H24N2O3/c1-13-12-17(2)8-9-18(13)7-4-10-21-15-6-3-5-14(11-15)16(19)20/h3,5-6,11,13H,4,7-10,12H2,1-2H3,(H,19,20). The lowest BCUT2D eigenvalue weighted by atomic mass is 10.2. The molecule has 1 aliphatic rings. The Bertz CT molecular complexity index is 478. The SMILES string of the molecule is CC1CN(C)CCN1CCCOc1cccc(C(=O)O)c1. The number of ether oxygens (including phenoxy) is 1. The fraction of sp³-hybridized carbons (Fsp3) is 0.562. The van der Waals surface area contributed by atoms with Crippen molar-refractivity contribution in [3.63, 3.8) is 0 Å². The second kappa shape index (κ2) is 7.43. The third-order valence-corrected chi connectivity index (χ3v) is 3.91. The van der Waals surface area contributed by atoms with Crippen molar-refractivity contribution in [1.82, 2.24) is 9.80 Å². The molecule has 116 valence electrons. The Labute approximate surface area is 126 Å². The van der Waals surface area contributed by atoms with E-state index < -0.39 is 5.97 Å². The van der Waals surface area contributed by atoms with Crippen LogP contribution >= 0.6 is 0 Å². The summed E-state index contributed by atoms with van der Waals surface area (Å²) in [6, 6.07) is 7.23. The summed E-state index contributed by atoms with van der Waals surface area (Å²) in [6.07, 6.45) is 0.950. The zero-order valence-electron chi connectivity index (χ0n) is 12.8. The molecule has 5 nitrogen and oxygen atoms in total. The number of hydrogen-bond donors (Lipinski definition) is 1. The number of carboxylic acid groups (broad SMARTS) is 1. The van der Waals surface area contributed by atoms with E-state index in [-0.39, 0.29) is 5.56 Å². The van der Waals surface area contributed by atoms with Crippen molar-refractivity contribution in [3.8, 4) is 5.75 Å². The van der Waals surface area contributed by atoms with Gasteiger partial charge in [0.2, 0.25) is 0 Å². The Balaban J connectivity index is 1.72. The van der Waals surface area contributed by atoms with Crippen LogP contribution < -0.4 is 4.74 Å². The van der Waals surface area contributed by atoms with Crippen LogP contribution in [0.1, 0.15) is 23.7 Å². The predicted molar refractivity (Wildman–Crippen MR) is 82.0 cm³/mol. The molecular weight excluding hydrogens is 268 g/mol. The Kier molecular flexibility index (Phi) is 5.59. The quantitative estimate of drug-likeness (QED) is 0.810. The Hall–Kier alpha value is -1.59. The molecule has 0 spiro atoms. The second-order valence-electron chi connectivity index (χ2n) is 5.68. The molecule has 1 aromatic carbocycles. The molecule has 0 saturated carbocycles. The van der Waals surface area contributed by atoms with Crippen LogP contribution in [0.25, 0.3) is 0 Å². The van der Waals surface area contributed by atoms with Crippen LogP contribution in [0.5, 0.6) is 5.75 Å². The first-order chi connectivity index (χ1) is 10.1. The van der Waals surface area contributed by atoms with Gasteiger partial charge < -0.3 is 14.7 Å². The molecular formula is C16H24N2O3. The van der Waals surface area contributed by atoms with Crippen LogP contribution in [-0.2, 0) is 0 Å². The summed E-state index contributed by atoms with van der Waals surface area (Å²) in [6.45, 7) is 7.22. The normalized spacial score (nSPS) is 20.4. The maximum Gasteiger partial charge on any atom is 0.335 e. The van der Waals surface area contributed by atoms with E-state index in [2.05, 4.69) is 23.8 Å². The number of hydrogen-bond acceptors (Lipinski definition) is 4. The average Bonchev–Trinajstić information content (AvgIpc) is 2.45. The van der Waals surface area contributed by atoms with E-state index in [4.69, 9.17) is 9.84 Å². The lowest BCUT2D eigenvalue weighted by molar-refractivity contribution is 0.0696. The molecule has 1 atom stereocenters. The van der Waals surface area contributed by atoms with E-state index in [0.29, 0.717) is 18.4 Å². The molecule has 1 fully saturated rings. The van der Waals surface area contributed by atoms with Gasteiger partial charge in [0.15, 0.2) is 0 Å². The lowest BCUT2D eigenvalue weighted by Crippen LogP contribution is -2.50. The van der Waals surface area contributed by atoms with Crippen molar-refractivity contribution in [3.05, 3.63) is 29.8 Å². The van der Waals surface area contributed by atoms with Crippen molar-refractivity contribution in [2.45, 2.75) is 19.4 Å². The minimum absolute atomic E-state index is 0.264. The van der Waals surface area contributed by atoms with Crippen molar-refractivity contribution in [1.29, 1.82) is 0 Å². The highest BCUT2D eigenvalue weighted by molar-refractivity contribution is 5.87. The average molecular weight is 292 g/mol. The molecule has 21 heavy (non-hydrogen) atoms. The van der Waals surface area contributed by atoms with Crippen LogP contribution in [0.3, 0.4) is 0 Å². The van der Waals surface area contributed by atoms with Gasteiger partial charge in [-0.3, -0.25) is 4.90 Å². The maximum atomic E-state index is 10.9. The first-order valence-corrected chi connectivity index (χ1v) is 7.45. The summed E-state index contributed by atoms with van der Waals surface area (Å²) in [7, 11) is 2.16. The zero-order valence-corrected chi connectivity index (χ0v) is 12.8. The summed E-state index contributed by atoms with van der Waals surface area (Å²) < 4.78 is 5.64. The Morgan fingerprint density at radius 1 is 1.43 bits per heavy atom. The number of carboxylic acids is 1. The van der Waals surface area contributed by atoms with E-state index in [1.54, 1.807) is 24.3 Å². The smallest absolute Gasteiger partial charge is 0.335 e. The van der Waals surface area contributed by atoms with E-state index >= 15 is 0 Å². The first-order valence-electron chi connectivity index (χ1n) is 7.45. The van der Waals surface area contributed by atoms with Gasteiger partial charge in [-0.2, -0.15) is 0 Å². The van der Waals surface area contributed by atoms with E-state index in [9.17, 15) is 4.79 Å². The highest BCUT2D eigenvalue weighted by Crippen LogP contribution is 2.14. The molecule has 2 rings (SSSR count). The third-order valence-electron chi connectivity index (χ3n) is 3.91.